The van der Waals surface area contributed by atoms with Gasteiger partial charge in [0.15, 0.2) is 0 Å². The highest BCUT2D eigenvalue weighted by Crippen LogP contribution is 2.34. The van der Waals surface area contributed by atoms with Crippen molar-refractivity contribution in [2.75, 3.05) is 18.0 Å². The molecule has 2 aliphatic heterocycles. The number of fused-ring (bicyclic) bond motifs is 2. The summed E-state index contributed by atoms with van der Waals surface area (Å²) < 4.78 is 0. The standard InChI is InChI=1S/C19H22N4O2/c1-13(24)22-10-8-14-5-2-3-6-15(14)17(22)11-19(25)23-9-4-7-16-18(23)12-20-21-16/h2-3,5-6,12,17H,4,7-11H2,1H3,(H,20,21). The predicted molar refractivity (Wildman–Crippen MR) is 94.2 cm³/mol. The number of nitrogens with one attached hydrogen (secondary N) is 1. The molecule has 3 heterocycles. The first kappa shape index (κ1) is 15.9. The quantitative estimate of drug-likeness (QED) is 0.913. The van der Waals surface area contributed by atoms with Gasteiger partial charge < -0.3 is 9.80 Å². The Hall–Kier alpha value is -2.63. The van der Waals surface area contributed by atoms with Crippen molar-refractivity contribution in [3.8, 4) is 0 Å². The first-order valence-electron chi connectivity index (χ1n) is 8.83. The van der Waals surface area contributed by atoms with Gasteiger partial charge >= 0.3 is 0 Å². The largest absolute Gasteiger partial charge is 0.335 e. The molecule has 1 N–H and O–H groups in total. The fraction of sp³-hybridized carbons (Fsp3) is 0.421. The average Bonchev–Trinajstić information content (AvgIpc) is 3.10. The van der Waals surface area contributed by atoms with Crippen LogP contribution in [0.2, 0.25) is 0 Å². The van der Waals surface area contributed by atoms with Gasteiger partial charge in [0.05, 0.1) is 30.0 Å². The number of aromatic amines is 1. The molecule has 6 nitrogen and oxygen atoms in total. The average molecular weight is 338 g/mol. The monoisotopic (exact) mass is 338 g/mol. The number of benzene rings is 1. The van der Waals surface area contributed by atoms with Crippen LogP contribution in [-0.2, 0) is 22.4 Å². The Morgan fingerprint density at radius 3 is 2.92 bits per heavy atom. The van der Waals surface area contributed by atoms with Crippen LogP contribution in [0.3, 0.4) is 0 Å². The zero-order valence-corrected chi connectivity index (χ0v) is 14.4. The molecule has 1 aromatic heterocycles. The van der Waals surface area contributed by atoms with Crippen molar-refractivity contribution in [2.24, 2.45) is 0 Å². The van der Waals surface area contributed by atoms with E-state index in [1.165, 1.54) is 5.56 Å². The number of anilines is 1. The molecular formula is C19H22N4O2. The van der Waals surface area contributed by atoms with Crippen LogP contribution >= 0.6 is 0 Å². The second kappa shape index (κ2) is 6.35. The van der Waals surface area contributed by atoms with Crippen LogP contribution in [-0.4, -0.2) is 40.0 Å². The highest BCUT2D eigenvalue weighted by molar-refractivity contribution is 5.95. The minimum absolute atomic E-state index is 0.0231. The summed E-state index contributed by atoms with van der Waals surface area (Å²) in [5.74, 6) is 0.0743. The maximum atomic E-state index is 13.1. The summed E-state index contributed by atoms with van der Waals surface area (Å²) in [6.07, 6.45) is 4.73. The van der Waals surface area contributed by atoms with E-state index in [4.69, 9.17) is 0 Å². The van der Waals surface area contributed by atoms with Crippen LogP contribution in [0.25, 0.3) is 0 Å². The zero-order valence-electron chi connectivity index (χ0n) is 14.4. The molecule has 1 atom stereocenters. The van der Waals surface area contributed by atoms with Gasteiger partial charge in [0.25, 0.3) is 0 Å². The fourth-order valence-corrected chi connectivity index (χ4v) is 4.04. The fourth-order valence-electron chi connectivity index (χ4n) is 4.04. The Kier molecular flexibility index (Phi) is 4.03. The zero-order chi connectivity index (χ0) is 17.4. The van der Waals surface area contributed by atoms with Crippen molar-refractivity contribution < 1.29 is 9.59 Å². The van der Waals surface area contributed by atoms with Crippen LogP contribution in [0, 0.1) is 0 Å². The molecule has 25 heavy (non-hydrogen) atoms. The third-order valence-electron chi connectivity index (χ3n) is 5.28. The van der Waals surface area contributed by atoms with E-state index in [-0.39, 0.29) is 17.9 Å². The molecule has 0 saturated heterocycles. The number of aromatic nitrogens is 2. The third-order valence-corrected chi connectivity index (χ3v) is 5.28. The Morgan fingerprint density at radius 1 is 1.24 bits per heavy atom. The molecule has 2 amide bonds. The molecule has 1 unspecified atom stereocenters. The lowest BCUT2D eigenvalue weighted by Crippen LogP contribution is -2.43. The second-order valence-electron chi connectivity index (χ2n) is 6.76. The Morgan fingerprint density at radius 2 is 2.08 bits per heavy atom. The van der Waals surface area contributed by atoms with Crippen LogP contribution in [0.15, 0.2) is 30.5 Å². The maximum absolute atomic E-state index is 13.1. The summed E-state index contributed by atoms with van der Waals surface area (Å²) in [6, 6.07) is 7.95. The van der Waals surface area contributed by atoms with Gasteiger partial charge in [0.2, 0.25) is 11.8 Å². The number of rotatable bonds is 2. The Balaban J connectivity index is 1.62. The van der Waals surface area contributed by atoms with Gasteiger partial charge in [-0.3, -0.25) is 14.7 Å². The van der Waals surface area contributed by atoms with Gasteiger partial charge in [-0.1, -0.05) is 24.3 Å². The topological polar surface area (TPSA) is 69.3 Å². The molecule has 2 aliphatic rings. The smallest absolute Gasteiger partial charge is 0.229 e. The molecule has 0 spiro atoms. The highest BCUT2D eigenvalue weighted by Gasteiger charge is 2.33. The summed E-state index contributed by atoms with van der Waals surface area (Å²) in [5, 5.41) is 7.06. The number of aryl methyl sites for hydroxylation is 1. The van der Waals surface area contributed by atoms with E-state index in [2.05, 4.69) is 16.3 Å². The van der Waals surface area contributed by atoms with Gasteiger partial charge in [-0.25, -0.2) is 0 Å². The van der Waals surface area contributed by atoms with Crippen molar-refractivity contribution in [3.63, 3.8) is 0 Å². The summed E-state index contributed by atoms with van der Waals surface area (Å²) in [5.41, 5.74) is 4.24. The number of carbonyl (C=O) groups is 2. The number of hydrogen-bond donors (Lipinski definition) is 1. The van der Waals surface area contributed by atoms with Gasteiger partial charge in [-0.2, -0.15) is 5.10 Å². The first-order valence-corrected chi connectivity index (χ1v) is 8.83. The number of H-pyrrole nitrogens is 1. The Bertz CT molecular complexity index is 813. The second-order valence-corrected chi connectivity index (χ2v) is 6.76. The highest BCUT2D eigenvalue weighted by atomic mass is 16.2. The van der Waals surface area contributed by atoms with Crippen molar-refractivity contribution in [3.05, 3.63) is 47.3 Å². The van der Waals surface area contributed by atoms with Crippen LogP contribution in [0.1, 0.15) is 42.6 Å². The molecule has 130 valence electrons. The van der Waals surface area contributed by atoms with E-state index in [1.54, 1.807) is 13.1 Å². The molecule has 0 bridgehead atoms. The van der Waals surface area contributed by atoms with Crippen LogP contribution in [0.4, 0.5) is 5.69 Å². The molecule has 2 aromatic rings. The van der Waals surface area contributed by atoms with E-state index in [0.29, 0.717) is 19.5 Å². The van der Waals surface area contributed by atoms with Gasteiger partial charge in [-0.05, 0) is 30.4 Å². The minimum atomic E-state index is -0.188. The third kappa shape index (κ3) is 2.81. The molecular weight excluding hydrogens is 316 g/mol. The molecule has 4 rings (SSSR count). The van der Waals surface area contributed by atoms with E-state index in [9.17, 15) is 9.59 Å². The van der Waals surface area contributed by atoms with Crippen LogP contribution < -0.4 is 4.90 Å². The normalized spacial score (nSPS) is 19.3. The summed E-state index contributed by atoms with van der Waals surface area (Å²) in [7, 11) is 0. The van der Waals surface area contributed by atoms with E-state index < -0.39 is 0 Å². The molecule has 0 aliphatic carbocycles. The SMILES string of the molecule is CC(=O)N1CCc2ccccc2C1CC(=O)N1CCCc2[nH]ncc21. The maximum Gasteiger partial charge on any atom is 0.229 e. The summed E-state index contributed by atoms with van der Waals surface area (Å²) in [6.45, 7) is 2.96. The van der Waals surface area contributed by atoms with Crippen molar-refractivity contribution >= 4 is 17.5 Å². The number of hydrogen-bond acceptors (Lipinski definition) is 3. The Labute approximate surface area is 146 Å². The van der Waals surface area contributed by atoms with Crippen molar-refractivity contribution in [1.29, 1.82) is 0 Å². The lowest BCUT2D eigenvalue weighted by atomic mass is 9.90. The first-order chi connectivity index (χ1) is 12.1. The summed E-state index contributed by atoms with van der Waals surface area (Å²) >= 11 is 0. The number of carbonyl (C=O) groups excluding carboxylic acids is 2. The van der Waals surface area contributed by atoms with E-state index in [0.717, 1.165) is 36.2 Å². The summed E-state index contributed by atoms with van der Waals surface area (Å²) in [4.78, 5) is 28.8. The van der Waals surface area contributed by atoms with Crippen molar-refractivity contribution in [1.82, 2.24) is 15.1 Å². The van der Waals surface area contributed by atoms with Gasteiger partial charge in [0.1, 0.15) is 0 Å². The van der Waals surface area contributed by atoms with E-state index >= 15 is 0 Å². The predicted octanol–water partition coefficient (Wildman–Crippen LogP) is 2.22. The number of amides is 2. The molecule has 1 aromatic carbocycles. The lowest BCUT2D eigenvalue weighted by molar-refractivity contribution is -0.133. The number of nitrogens with zero attached hydrogens (tertiary/aromatic N) is 3. The molecule has 0 saturated carbocycles. The molecule has 0 radical (unpaired) electrons. The van der Waals surface area contributed by atoms with E-state index in [1.807, 2.05) is 28.0 Å². The minimum Gasteiger partial charge on any atom is -0.335 e. The van der Waals surface area contributed by atoms with Gasteiger partial charge in [-0.15, -0.1) is 0 Å². The lowest BCUT2D eigenvalue weighted by Gasteiger charge is -2.38. The molecule has 0 fully saturated rings. The molecule has 6 heteroatoms. The van der Waals surface area contributed by atoms with Crippen molar-refractivity contribution in [2.45, 2.75) is 38.6 Å². The van der Waals surface area contributed by atoms with Gasteiger partial charge in [0, 0.05) is 20.0 Å². The van der Waals surface area contributed by atoms with Crippen LogP contribution in [0.5, 0.6) is 0 Å².